The summed E-state index contributed by atoms with van der Waals surface area (Å²) < 4.78 is 41.8. The highest BCUT2D eigenvalue weighted by atomic mass is 32.2. The third-order valence-electron chi connectivity index (χ3n) is 5.89. The van der Waals surface area contributed by atoms with Crippen LogP contribution in [0.25, 0.3) is 0 Å². The standard InChI is InChI=1S/C23H25FN4O3S3/c1-15-7-8-19(13-16(15)2)34(30,31)28-11-9-17(10-12-28)21(29)25-22-26-27-23(33-22)32-14-18-5-3-4-6-20(18)24/h3-8,13,17H,9-12,14H2,1-2H3,(H,25,26,29). The smallest absolute Gasteiger partial charge is 0.243 e. The van der Waals surface area contributed by atoms with E-state index in [9.17, 15) is 17.6 Å². The van der Waals surface area contributed by atoms with E-state index in [4.69, 9.17) is 0 Å². The molecular formula is C23H25FN4O3S3. The molecule has 0 bridgehead atoms. The molecule has 11 heteroatoms. The summed E-state index contributed by atoms with van der Waals surface area (Å²) in [5.74, 6) is -0.337. The van der Waals surface area contributed by atoms with Crippen LogP contribution in [0.1, 0.15) is 29.5 Å². The minimum absolute atomic E-state index is 0.190. The summed E-state index contributed by atoms with van der Waals surface area (Å²) in [5, 5.41) is 11.2. The quantitative estimate of drug-likeness (QED) is 0.361. The number of halogens is 1. The second-order valence-corrected chi connectivity index (χ2v) is 12.3. The first-order valence-electron chi connectivity index (χ1n) is 10.8. The molecule has 0 atom stereocenters. The van der Waals surface area contributed by atoms with Gasteiger partial charge in [0.25, 0.3) is 0 Å². The number of nitrogens with zero attached hydrogens (tertiary/aromatic N) is 3. The van der Waals surface area contributed by atoms with Gasteiger partial charge in [-0.25, -0.2) is 12.8 Å². The van der Waals surface area contributed by atoms with Gasteiger partial charge in [0.1, 0.15) is 5.82 Å². The first kappa shape index (κ1) is 24.8. The van der Waals surface area contributed by atoms with Crippen molar-refractivity contribution >= 4 is 44.2 Å². The Labute approximate surface area is 206 Å². The second-order valence-electron chi connectivity index (χ2n) is 8.17. The second kappa shape index (κ2) is 10.5. The number of thioether (sulfide) groups is 1. The van der Waals surface area contributed by atoms with Gasteiger partial charge in [-0.1, -0.05) is 47.4 Å². The molecule has 1 saturated heterocycles. The number of carbonyl (C=O) groups is 1. The molecule has 1 aromatic heterocycles. The highest BCUT2D eigenvalue weighted by molar-refractivity contribution is 8.00. The van der Waals surface area contributed by atoms with E-state index in [-0.39, 0.29) is 35.6 Å². The highest BCUT2D eigenvalue weighted by Crippen LogP contribution is 2.30. The number of amides is 1. The lowest BCUT2D eigenvalue weighted by Crippen LogP contribution is -2.41. The lowest BCUT2D eigenvalue weighted by molar-refractivity contribution is -0.120. The fourth-order valence-electron chi connectivity index (χ4n) is 3.66. The van der Waals surface area contributed by atoms with Crippen molar-refractivity contribution in [1.82, 2.24) is 14.5 Å². The predicted molar refractivity (Wildman–Crippen MR) is 132 cm³/mol. The Balaban J connectivity index is 1.30. The number of hydrogen-bond donors (Lipinski definition) is 1. The molecular weight excluding hydrogens is 495 g/mol. The number of aryl methyl sites for hydroxylation is 2. The minimum Gasteiger partial charge on any atom is -0.300 e. The molecule has 2 heterocycles. The number of carbonyl (C=O) groups excluding carboxylic acids is 1. The van der Waals surface area contributed by atoms with E-state index in [0.717, 1.165) is 11.1 Å². The highest BCUT2D eigenvalue weighted by Gasteiger charge is 2.32. The Morgan fingerprint density at radius 2 is 1.88 bits per heavy atom. The third kappa shape index (κ3) is 5.65. The molecule has 0 aliphatic carbocycles. The largest absolute Gasteiger partial charge is 0.300 e. The van der Waals surface area contributed by atoms with Crippen molar-refractivity contribution in [2.45, 2.75) is 41.7 Å². The first-order chi connectivity index (χ1) is 16.2. The number of aromatic nitrogens is 2. The van der Waals surface area contributed by atoms with Crippen LogP contribution in [0.5, 0.6) is 0 Å². The fraction of sp³-hybridized carbons (Fsp3) is 0.348. The molecule has 34 heavy (non-hydrogen) atoms. The Hall–Kier alpha value is -2.34. The van der Waals surface area contributed by atoms with E-state index in [1.165, 1.54) is 33.5 Å². The van der Waals surface area contributed by atoms with Crippen molar-refractivity contribution in [1.29, 1.82) is 0 Å². The molecule has 1 aliphatic rings. The molecule has 2 aromatic carbocycles. The summed E-state index contributed by atoms with van der Waals surface area (Å²) in [6.45, 7) is 4.40. The van der Waals surface area contributed by atoms with E-state index >= 15 is 0 Å². The predicted octanol–water partition coefficient (Wildman–Crippen LogP) is 4.63. The molecule has 1 amide bonds. The zero-order valence-electron chi connectivity index (χ0n) is 18.8. The lowest BCUT2D eigenvalue weighted by atomic mass is 9.97. The average molecular weight is 521 g/mol. The molecule has 0 radical (unpaired) electrons. The normalized spacial score (nSPS) is 15.4. The fourth-order valence-corrected chi connectivity index (χ4v) is 6.96. The number of anilines is 1. The number of rotatable bonds is 7. The maximum absolute atomic E-state index is 13.8. The van der Waals surface area contributed by atoms with E-state index < -0.39 is 10.0 Å². The number of piperidine rings is 1. The summed E-state index contributed by atoms with van der Waals surface area (Å²) in [5.41, 5.74) is 2.55. The van der Waals surface area contributed by atoms with E-state index in [2.05, 4.69) is 15.5 Å². The average Bonchev–Trinajstić information content (AvgIpc) is 3.27. The van der Waals surface area contributed by atoms with Crippen LogP contribution < -0.4 is 5.32 Å². The molecule has 1 fully saturated rings. The Morgan fingerprint density at radius 1 is 1.15 bits per heavy atom. The number of benzene rings is 2. The summed E-state index contributed by atoms with van der Waals surface area (Å²) in [7, 11) is -3.59. The van der Waals surface area contributed by atoms with Crippen molar-refractivity contribution in [3.63, 3.8) is 0 Å². The molecule has 0 spiro atoms. The summed E-state index contributed by atoms with van der Waals surface area (Å²) in [6, 6.07) is 11.7. The first-order valence-corrected chi connectivity index (χ1v) is 14.1. The van der Waals surface area contributed by atoms with Crippen molar-refractivity contribution in [2.75, 3.05) is 18.4 Å². The number of hydrogen-bond acceptors (Lipinski definition) is 7. The van der Waals surface area contributed by atoms with Crippen LogP contribution in [0.15, 0.2) is 51.7 Å². The molecule has 4 rings (SSSR count). The van der Waals surface area contributed by atoms with Crippen LogP contribution in [-0.4, -0.2) is 41.9 Å². The van der Waals surface area contributed by atoms with E-state index in [1.807, 2.05) is 19.9 Å². The van der Waals surface area contributed by atoms with Gasteiger partial charge in [-0.15, -0.1) is 10.2 Å². The van der Waals surface area contributed by atoms with Crippen molar-refractivity contribution in [3.8, 4) is 0 Å². The lowest BCUT2D eigenvalue weighted by Gasteiger charge is -2.30. The van der Waals surface area contributed by atoms with Crippen LogP contribution >= 0.6 is 23.1 Å². The van der Waals surface area contributed by atoms with Gasteiger partial charge in [0, 0.05) is 24.8 Å². The van der Waals surface area contributed by atoms with Crippen LogP contribution in [0.3, 0.4) is 0 Å². The molecule has 180 valence electrons. The van der Waals surface area contributed by atoms with Crippen LogP contribution in [-0.2, 0) is 20.6 Å². The molecule has 1 aliphatic heterocycles. The minimum atomic E-state index is -3.59. The zero-order valence-corrected chi connectivity index (χ0v) is 21.3. The van der Waals surface area contributed by atoms with E-state index in [1.54, 1.807) is 30.3 Å². The summed E-state index contributed by atoms with van der Waals surface area (Å²) >= 11 is 2.59. The van der Waals surface area contributed by atoms with E-state index in [0.29, 0.717) is 33.6 Å². The number of sulfonamides is 1. The number of nitrogens with one attached hydrogen (secondary N) is 1. The molecule has 0 unspecified atom stereocenters. The topological polar surface area (TPSA) is 92.3 Å². The Kier molecular flexibility index (Phi) is 7.66. The van der Waals surface area contributed by atoms with Gasteiger partial charge in [0.15, 0.2) is 4.34 Å². The maximum atomic E-state index is 13.8. The zero-order chi connectivity index (χ0) is 24.3. The van der Waals surface area contributed by atoms with Crippen LogP contribution in [0.4, 0.5) is 9.52 Å². The Bertz CT molecular complexity index is 1290. The maximum Gasteiger partial charge on any atom is 0.243 e. The van der Waals surface area contributed by atoms with Crippen molar-refractivity contribution in [3.05, 3.63) is 65.0 Å². The van der Waals surface area contributed by atoms with Crippen LogP contribution in [0.2, 0.25) is 0 Å². The van der Waals surface area contributed by atoms with Crippen LogP contribution in [0, 0.1) is 25.6 Å². The van der Waals surface area contributed by atoms with Gasteiger partial charge in [-0.3, -0.25) is 4.79 Å². The van der Waals surface area contributed by atoms with Crippen molar-refractivity contribution in [2.24, 2.45) is 5.92 Å². The van der Waals surface area contributed by atoms with Gasteiger partial charge >= 0.3 is 0 Å². The van der Waals surface area contributed by atoms with Gasteiger partial charge < -0.3 is 5.32 Å². The summed E-state index contributed by atoms with van der Waals surface area (Å²) in [6.07, 6.45) is 0.868. The third-order valence-corrected chi connectivity index (χ3v) is 9.80. The van der Waals surface area contributed by atoms with Crippen molar-refractivity contribution < 1.29 is 17.6 Å². The molecule has 3 aromatic rings. The van der Waals surface area contributed by atoms with Gasteiger partial charge in [-0.2, -0.15) is 4.31 Å². The molecule has 1 N–H and O–H groups in total. The van der Waals surface area contributed by atoms with Gasteiger partial charge in [0.2, 0.25) is 21.1 Å². The SMILES string of the molecule is Cc1ccc(S(=O)(=O)N2CCC(C(=O)Nc3nnc(SCc4ccccc4F)s3)CC2)cc1C. The van der Waals surface area contributed by atoms with Gasteiger partial charge in [-0.05, 0) is 61.6 Å². The summed E-state index contributed by atoms with van der Waals surface area (Å²) in [4.78, 5) is 13.0. The Morgan fingerprint density at radius 3 is 2.59 bits per heavy atom. The molecule has 7 nitrogen and oxygen atoms in total. The molecule has 0 saturated carbocycles. The van der Waals surface area contributed by atoms with Gasteiger partial charge in [0.05, 0.1) is 4.90 Å². The monoisotopic (exact) mass is 520 g/mol.